The molecule has 0 saturated carbocycles. The Balaban J connectivity index is 0. The minimum Gasteiger partial charge on any atom is -0.313 e. The van der Waals surface area contributed by atoms with Gasteiger partial charge in [0.25, 0.3) is 0 Å². The molecule has 0 amide bonds. The topological polar surface area (TPSA) is 59.6 Å². The van der Waals surface area contributed by atoms with Crippen LogP contribution in [0.4, 0.5) is 0 Å². The molecule has 2 unspecified atom stereocenters. The van der Waals surface area contributed by atoms with Gasteiger partial charge in [-0.25, -0.2) is 0 Å². The van der Waals surface area contributed by atoms with Crippen molar-refractivity contribution in [2.75, 3.05) is 6.54 Å². The Kier molecular flexibility index (Phi) is 14.1. The first-order valence-corrected chi connectivity index (χ1v) is 5.62. The van der Waals surface area contributed by atoms with Crippen LogP contribution in [0.2, 0.25) is 0 Å². The summed E-state index contributed by atoms with van der Waals surface area (Å²) in [6.07, 6.45) is 2.71. The lowest BCUT2D eigenvalue weighted by Gasteiger charge is -2.07. The quantitative estimate of drug-likeness (QED) is 0.708. The van der Waals surface area contributed by atoms with Crippen molar-refractivity contribution in [3.63, 3.8) is 0 Å². The van der Waals surface area contributed by atoms with Gasteiger partial charge in [0.05, 0.1) is 12.1 Å². The predicted octanol–water partition coefficient (Wildman–Crippen LogP) is 2.84. The van der Waals surface area contributed by atoms with Crippen molar-refractivity contribution in [2.24, 2.45) is 5.92 Å². The summed E-state index contributed by atoms with van der Waals surface area (Å²) in [5, 5.41) is 19.5. The Morgan fingerprint density at radius 2 is 1.73 bits per heavy atom. The third-order valence-electron chi connectivity index (χ3n) is 2.17. The largest absolute Gasteiger partial charge is 0.313 e. The molecule has 3 heteroatoms. The molecule has 0 spiro atoms. The van der Waals surface area contributed by atoms with E-state index in [0.29, 0.717) is 12.5 Å². The van der Waals surface area contributed by atoms with Crippen LogP contribution in [0.15, 0.2) is 0 Å². The molecule has 0 aliphatic carbocycles. The Morgan fingerprint density at radius 3 is 2.00 bits per heavy atom. The standard InChI is InChI=1S/C7H14N2.C5H9N/c1-3-7(2)9-6-4-5-8;1-3-5(2)4-6/h7,9H,3-4,6H2,1-2H3;5H,3H2,1-2H3. The molecule has 0 saturated heterocycles. The minimum absolute atomic E-state index is 0.241. The van der Waals surface area contributed by atoms with Crippen molar-refractivity contribution in [3.8, 4) is 12.1 Å². The summed E-state index contributed by atoms with van der Waals surface area (Å²) in [6, 6.07) is 4.75. The average Bonchev–Trinajstić information content (AvgIpc) is 2.28. The van der Waals surface area contributed by atoms with E-state index in [1.54, 1.807) is 0 Å². The third kappa shape index (κ3) is 15.7. The summed E-state index contributed by atoms with van der Waals surface area (Å²) in [7, 11) is 0. The van der Waals surface area contributed by atoms with Gasteiger partial charge in [0.15, 0.2) is 0 Å². The van der Waals surface area contributed by atoms with Crippen molar-refractivity contribution in [1.29, 1.82) is 10.5 Å². The van der Waals surface area contributed by atoms with Crippen LogP contribution in [0.3, 0.4) is 0 Å². The highest BCUT2D eigenvalue weighted by Gasteiger charge is 1.93. The molecule has 0 rings (SSSR count). The minimum atomic E-state index is 0.241. The van der Waals surface area contributed by atoms with Crippen LogP contribution in [0, 0.1) is 28.6 Å². The molecule has 3 nitrogen and oxygen atoms in total. The molecule has 0 aliphatic heterocycles. The monoisotopic (exact) mass is 209 g/mol. The lowest BCUT2D eigenvalue weighted by Crippen LogP contribution is -2.25. The molecule has 0 aromatic carbocycles. The number of nitriles is 2. The zero-order chi connectivity index (χ0) is 12.1. The van der Waals surface area contributed by atoms with E-state index in [0.717, 1.165) is 19.4 Å². The zero-order valence-electron chi connectivity index (χ0n) is 10.4. The molecule has 0 heterocycles. The van der Waals surface area contributed by atoms with Gasteiger partial charge in [-0.1, -0.05) is 13.8 Å². The summed E-state index contributed by atoms with van der Waals surface area (Å²) >= 11 is 0. The van der Waals surface area contributed by atoms with E-state index in [2.05, 4.69) is 31.3 Å². The molecular weight excluding hydrogens is 186 g/mol. The maximum Gasteiger partial charge on any atom is 0.0652 e. The van der Waals surface area contributed by atoms with Crippen LogP contribution in [0.25, 0.3) is 0 Å². The smallest absolute Gasteiger partial charge is 0.0652 e. The normalized spacial score (nSPS) is 12.7. The van der Waals surface area contributed by atoms with E-state index in [1.807, 2.05) is 13.8 Å². The van der Waals surface area contributed by atoms with Crippen LogP contribution >= 0.6 is 0 Å². The van der Waals surface area contributed by atoms with Crippen LogP contribution < -0.4 is 5.32 Å². The van der Waals surface area contributed by atoms with E-state index in [1.165, 1.54) is 0 Å². The fourth-order valence-corrected chi connectivity index (χ4v) is 0.610. The molecule has 0 bridgehead atoms. The number of hydrogen-bond acceptors (Lipinski definition) is 3. The summed E-state index contributed by atoms with van der Waals surface area (Å²) in [5.41, 5.74) is 0. The molecular formula is C12H23N3. The van der Waals surface area contributed by atoms with Gasteiger partial charge in [-0.15, -0.1) is 0 Å². The second-order valence-corrected chi connectivity index (χ2v) is 3.61. The molecule has 15 heavy (non-hydrogen) atoms. The van der Waals surface area contributed by atoms with Gasteiger partial charge in [0, 0.05) is 24.9 Å². The molecule has 0 radical (unpaired) electrons. The molecule has 0 fully saturated rings. The molecule has 86 valence electrons. The van der Waals surface area contributed by atoms with Gasteiger partial charge in [-0.05, 0) is 26.7 Å². The highest BCUT2D eigenvalue weighted by molar-refractivity contribution is 4.76. The van der Waals surface area contributed by atoms with Crippen molar-refractivity contribution in [3.05, 3.63) is 0 Å². The molecule has 1 N–H and O–H groups in total. The Morgan fingerprint density at radius 1 is 1.13 bits per heavy atom. The SMILES string of the molecule is CCC(C)C#N.CCC(C)NCCC#N. The van der Waals surface area contributed by atoms with Crippen molar-refractivity contribution >= 4 is 0 Å². The molecule has 2 atom stereocenters. The fraction of sp³-hybridized carbons (Fsp3) is 0.833. The molecule has 0 aromatic rings. The third-order valence-corrected chi connectivity index (χ3v) is 2.17. The number of nitrogens with zero attached hydrogens (tertiary/aromatic N) is 2. The lowest BCUT2D eigenvalue weighted by atomic mass is 10.2. The van der Waals surface area contributed by atoms with Gasteiger partial charge in [0.2, 0.25) is 0 Å². The number of rotatable bonds is 5. The van der Waals surface area contributed by atoms with Gasteiger partial charge in [0.1, 0.15) is 0 Å². The second-order valence-electron chi connectivity index (χ2n) is 3.61. The van der Waals surface area contributed by atoms with Crippen molar-refractivity contribution in [1.82, 2.24) is 5.32 Å². The summed E-state index contributed by atoms with van der Waals surface area (Å²) in [4.78, 5) is 0. The lowest BCUT2D eigenvalue weighted by molar-refractivity contribution is 0.542. The van der Waals surface area contributed by atoms with Crippen LogP contribution in [0.1, 0.15) is 47.0 Å². The highest BCUT2D eigenvalue weighted by Crippen LogP contribution is 1.94. The van der Waals surface area contributed by atoms with Crippen LogP contribution in [0.5, 0.6) is 0 Å². The Labute approximate surface area is 94.1 Å². The molecule has 0 aliphatic rings. The van der Waals surface area contributed by atoms with E-state index in [-0.39, 0.29) is 5.92 Å². The van der Waals surface area contributed by atoms with E-state index >= 15 is 0 Å². The summed E-state index contributed by atoms with van der Waals surface area (Å²) < 4.78 is 0. The van der Waals surface area contributed by atoms with E-state index in [4.69, 9.17) is 10.5 Å². The van der Waals surface area contributed by atoms with Gasteiger partial charge in [-0.3, -0.25) is 0 Å². The number of nitrogens with one attached hydrogen (secondary N) is 1. The van der Waals surface area contributed by atoms with Crippen LogP contribution in [-0.4, -0.2) is 12.6 Å². The second kappa shape index (κ2) is 12.9. The zero-order valence-corrected chi connectivity index (χ0v) is 10.4. The highest BCUT2D eigenvalue weighted by atomic mass is 14.9. The Bertz CT molecular complexity index is 200. The van der Waals surface area contributed by atoms with Gasteiger partial charge in [-0.2, -0.15) is 10.5 Å². The van der Waals surface area contributed by atoms with Crippen molar-refractivity contribution < 1.29 is 0 Å². The molecule has 0 aromatic heterocycles. The first-order chi connectivity index (χ1) is 7.12. The first-order valence-electron chi connectivity index (χ1n) is 5.62. The maximum atomic E-state index is 8.16. The maximum absolute atomic E-state index is 8.16. The Hall–Kier alpha value is -1.06. The average molecular weight is 209 g/mol. The predicted molar refractivity (Wildman–Crippen MR) is 63.1 cm³/mol. The van der Waals surface area contributed by atoms with Crippen LogP contribution in [-0.2, 0) is 0 Å². The van der Waals surface area contributed by atoms with Crippen molar-refractivity contribution in [2.45, 2.75) is 53.0 Å². The van der Waals surface area contributed by atoms with E-state index in [9.17, 15) is 0 Å². The van der Waals surface area contributed by atoms with E-state index < -0.39 is 0 Å². The van der Waals surface area contributed by atoms with Gasteiger partial charge < -0.3 is 5.32 Å². The fourth-order valence-electron chi connectivity index (χ4n) is 0.610. The summed E-state index contributed by atoms with van der Waals surface area (Å²) in [5.74, 6) is 0.241. The first kappa shape index (κ1) is 16.4. The van der Waals surface area contributed by atoms with Gasteiger partial charge >= 0.3 is 0 Å². The summed E-state index contributed by atoms with van der Waals surface area (Å²) in [6.45, 7) is 9.00. The number of hydrogen-bond donors (Lipinski definition) is 1.